The van der Waals surface area contributed by atoms with E-state index in [2.05, 4.69) is 14.7 Å². The van der Waals surface area contributed by atoms with Crippen molar-refractivity contribution >= 4 is 40.8 Å². The van der Waals surface area contributed by atoms with Gasteiger partial charge in [0.1, 0.15) is 10.3 Å². The monoisotopic (exact) mass is 316 g/mol. The third kappa shape index (κ3) is 2.81. The second kappa shape index (κ2) is 5.74. The molecule has 19 heavy (non-hydrogen) atoms. The van der Waals surface area contributed by atoms with Crippen LogP contribution in [0.1, 0.15) is 10.6 Å². The van der Waals surface area contributed by atoms with Crippen LogP contribution in [0.15, 0.2) is 24.3 Å². The average Bonchev–Trinajstić information content (AvgIpc) is 2.39. The first kappa shape index (κ1) is 14.1. The van der Waals surface area contributed by atoms with Gasteiger partial charge in [-0.1, -0.05) is 53.0 Å². The standard InChI is InChI=1S/C12H7Cl3N2O2/c1-19-12(18)11-16-9(14)8(10(15)17-11)6-4-2-3-5-7(6)13/h2-5H,1H3. The zero-order valence-corrected chi connectivity index (χ0v) is 11.9. The van der Waals surface area contributed by atoms with E-state index in [1.807, 2.05) is 0 Å². The fourth-order valence-corrected chi connectivity index (χ4v) is 2.30. The van der Waals surface area contributed by atoms with Crippen molar-refractivity contribution in [2.45, 2.75) is 0 Å². The molecule has 0 radical (unpaired) electrons. The Morgan fingerprint density at radius 2 is 1.68 bits per heavy atom. The number of nitrogens with zero attached hydrogens (tertiary/aromatic N) is 2. The number of esters is 1. The molecule has 0 saturated heterocycles. The van der Waals surface area contributed by atoms with Crippen LogP contribution in [0.4, 0.5) is 0 Å². The maximum absolute atomic E-state index is 11.3. The smallest absolute Gasteiger partial charge is 0.376 e. The Kier molecular flexibility index (Phi) is 4.24. The predicted molar refractivity (Wildman–Crippen MR) is 73.8 cm³/mol. The Hall–Kier alpha value is -1.36. The quantitative estimate of drug-likeness (QED) is 0.623. The summed E-state index contributed by atoms with van der Waals surface area (Å²) in [7, 11) is 1.22. The van der Waals surface area contributed by atoms with Gasteiger partial charge in [0.2, 0.25) is 5.82 Å². The van der Waals surface area contributed by atoms with Crippen molar-refractivity contribution in [3.05, 3.63) is 45.4 Å². The molecule has 0 atom stereocenters. The molecule has 4 nitrogen and oxygen atoms in total. The highest BCUT2D eigenvalue weighted by molar-refractivity contribution is 6.40. The van der Waals surface area contributed by atoms with E-state index in [1.54, 1.807) is 24.3 Å². The van der Waals surface area contributed by atoms with Crippen LogP contribution in [0.2, 0.25) is 15.3 Å². The summed E-state index contributed by atoms with van der Waals surface area (Å²) in [5.74, 6) is -0.914. The Bertz CT molecular complexity index is 624. The molecule has 0 aliphatic rings. The molecule has 0 fully saturated rings. The molecule has 2 aromatic rings. The lowest BCUT2D eigenvalue weighted by Gasteiger charge is -2.09. The van der Waals surface area contributed by atoms with Crippen LogP contribution in [-0.4, -0.2) is 23.0 Å². The van der Waals surface area contributed by atoms with Crippen molar-refractivity contribution in [1.29, 1.82) is 0 Å². The molecule has 98 valence electrons. The minimum Gasteiger partial charge on any atom is -0.463 e. The molecule has 1 aromatic carbocycles. The summed E-state index contributed by atoms with van der Waals surface area (Å²) in [5, 5.41) is 0.530. The van der Waals surface area contributed by atoms with E-state index in [0.717, 1.165) is 0 Å². The summed E-state index contributed by atoms with van der Waals surface area (Å²) >= 11 is 18.1. The Morgan fingerprint density at radius 3 is 2.21 bits per heavy atom. The van der Waals surface area contributed by atoms with Gasteiger partial charge in [-0.15, -0.1) is 0 Å². The molecular formula is C12H7Cl3N2O2. The van der Waals surface area contributed by atoms with E-state index in [9.17, 15) is 4.79 Å². The molecule has 0 aliphatic heterocycles. The van der Waals surface area contributed by atoms with Crippen molar-refractivity contribution in [2.75, 3.05) is 7.11 Å². The normalized spacial score (nSPS) is 10.3. The first-order chi connectivity index (χ1) is 9.04. The van der Waals surface area contributed by atoms with Gasteiger partial charge in [-0.05, 0) is 6.07 Å². The number of ether oxygens (including phenoxy) is 1. The average molecular weight is 318 g/mol. The third-order valence-electron chi connectivity index (χ3n) is 2.33. The summed E-state index contributed by atoms with van der Waals surface area (Å²) in [5.41, 5.74) is 0.970. The topological polar surface area (TPSA) is 52.1 Å². The van der Waals surface area contributed by atoms with E-state index < -0.39 is 5.97 Å². The number of carbonyl (C=O) groups is 1. The van der Waals surface area contributed by atoms with Gasteiger partial charge < -0.3 is 4.74 Å². The van der Waals surface area contributed by atoms with Crippen molar-refractivity contribution < 1.29 is 9.53 Å². The Labute approximate surface area is 124 Å². The largest absolute Gasteiger partial charge is 0.463 e. The molecule has 0 amide bonds. The minimum atomic E-state index is -0.713. The second-order valence-corrected chi connectivity index (χ2v) is 4.60. The lowest BCUT2D eigenvalue weighted by molar-refractivity contribution is 0.0586. The van der Waals surface area contributed by atoms with Crippen LogP contribution in [0.25, 0.3) is 11.1 Å². The van der Waals surface area contributed by atoms with Gasteiger partial charge in [-0.2, -0.15) is 0 Å². The molecule has 0 unspecified atom stereocenters. The van der Waals surface area contributed by atoms with Gasteiger partial charge in [0.15, 0.2) is 0 Å². The van der Waals surface area contributed by atoms with Crippen molar-refractivity contribution in [3.8, 4) is 11.1 Å². The molecule has 0 saturated carbocycles. The number of hydrogen-bond donors (Lipinski definition) is 0. The summed E-state index contributed by atoms with van der Waals surface area (Å²) < 4.78 is 4.51. The fraction of sp³-hybridized carbons (Fsp3) is 0.0833. The summed E-state index contributed by atoms with van der Waals surface area (Å²) in [6, 6.07) is 6.98. The molecule has 7 heteroatoms. The van der Waals surface area contributed by atoms with Gasteiger partial charge in [0.05, 0.1) is 12.7 Å². The van der Waals surface area contributed by atoms with Crippen LogP contribution < -0.4 is 0 Å². The van der Waals surface area contributed by atoms with Crippen LogP contribution in [-0.2, 0) is 4.74 Å². The maximum atomic E-state index is 11.3. The highest BCUT2D eigenvalue weighted by Gasteiger charge is 2.19. The number of hydrogen-bond acceptors (Lipinski definition) is 4. The van der Waals surface area contributed by atoms with Gasteiger partial charge in [0.25, 0.3) is 0 Å². The van der Waals surface area contributed by atoms with Crippen LogP contribution in [0.5, 0.6) is 0 Å². The first-order valence-corrected chi connectivity index (χ1v) is 6.24. The van der Waals surface area contributed by atoms with Crippen LogP contribution >= 0.6 is 34.8 Å². The summed E-state index contributed by atoms with van der Waals surface area (Å²) in [6.45, 7) is 0. The fourth-order valence-electron chi connectivity index (χ4n) is 1.48. The third-order valence-corrected chi connectivity index (χ3v) is 3.21. The van der Waals surface area contributed by atoms with Gasteiger partial charge in [-0.3, -0.25) is 0 Å². The van der Waals surface area contributed by atoms with E-state index in [4.69, 9.17) is 34.8 Å². The lowest BCUT2D eigenvalue weighted by atomic mass is 10.1. The summed E-state index contributed by atoms with van der Waals surface area (Å²) in [6.07, 6.45) is 0. The SMILES string of the molecule is COC(=O)c1nc(Cl)c(-c2ccccc2Cl)c(Cl)n1. The molecule has 2 rings (SSSR count). The van der Waals surface area contributed by atoms with Crippen LogP contribution in [0.3, 0.4) is 0 Å². The molecule has 0 N–H and O–H groups in total. The number of aromatic nitrogens is 2. The number of benzene rings is 1. The zero-order valence-electron chi connectivity index (χ0n) is 9.65. The number of methoxy groups -OCH3 is 1. The lowest BCUT2D eigenvalue weighted by Crippen LogP contribution is -2.08. The predicted octanol–water partition coefficient (Wildman–Crippen LogP) is 3.89. The number of carbonyl (C=O) groups excluding carboxylic acids is 1. The van der Waals surface area contributed by atoms with Gasteiger partial charge >= 0.3 is 5.97 Å². The van der Waals surface area contributed by atoms with E-state index in [1.165, 1.54) is 7.11 Å². The van der Waals surface area contributed by atoms with E-state index in [-0.39, 0.29) is 16.1 Å². The van der Waals surface area contributed by atoms with E-state index >= 15 is 0 Å². The van der Waals surface area contributed by atoms with Crippen LogP contribution in [0, 0.1) is 0 Å². The minimum absolute atomic E-state index is 0.0356. The first-order valence-electron chi connectivity index (χ1n) is 5.11. The Balaban J connectivity index is 2.61. The van der Waals surface area contributed by atoms with Gasteiger partial charge in [-0.25, -0.2) is 14.8 Å². The molecule has 0 aliphatic carbocycles. The highest BCUT2D eigenvalue weighted by Crippen LogP contribution is 2.36. The van der Waals surface area contributed by atoms with E-state index in [0.29, 0.717) is 16.1 Å². The summed E-state index contributed by atoms with van der Waals surface area (Å²) in [4.78, 5) is 19.1. The van der Waals surface area contributed by atoms with Crippen molar-refractivity contribution in [1.82, 2.24) is 9.97 Å². The molecule has 0 spiro atoms. The number of halogens is 3. The zero-order chi connectivity index (χ0) is 14.0. The van der Waals surface area contributed by atoms with Gasteiger partial charge in [0, 0.05) is 10.6 Å². The molecular weight excluding hydrogens is 311 g/mol. The Morgan fingerprint density at radius 1 is 1.11 bits per heavy atom. The highest BCUT2D eigenvalue weighted by atomic mass is 35.5. The molecule has 1 heterocycles. The van der Waals surface area contributed by atoms with Crippen molar-refractivity contribution in [2.24, 2.45) is 0 Å². The number of rotatable bonds is 2. The molecule has 1 aromatic heterocycles. The molecule has 0 bridgehead atoms. The van der Waals surface area contributed by atoms with Crippen molar-refractivity contribution in [3.63, 3.8) is 0 Å². The second-order valence-electron chi connectivity index (χ2n) is 3.48. The maximum Gasteiger partial charge on any atom is 0.376 e.